The van der Waals surface area contributed by atoms with Gasteiger partial charge in [-0.3, -0.25) is 0 Å². The molecule has 1 N–H and O–H groups in total. The van der Waals surface area contributed by atoms with Crippen LogP contribution in [0.15, 0.2) is 147 Å². The monoisotopic (exact) mass is 732 g/mol. The van der Waals surface area contributed by atoms with Gasteiger partial charge in [-0.05, 0) is 53.1 Å². The number of nitrogens with zero attached hydrogens (tertiary/aromatic N) is 1. The second-order valence-electron chi connectivity index (χ2n) is 10.1. The summed E-state index contributed by atoms with van der Waals surface area (Å²) in [5.74, 6) is 0. The standard InChI is InChI=1S/C37H23Br3N2/c38-28-17-7-14-25(20-28)34-31(23-10-3-1-4-11-23)33-36(27-16-9-19-30(40)22-27)41-35(26-15-8-18-29(39)21-26)32(37(33)42-34)24-12-5-2-6-13-24/h1-22,42H. The van der Waals surface area contributed by atoms with Crippen molar-refractivity contribution in [1.29, 1.82) is 0 Å². The van der Waals surface area contributed by atoms with Crippen molar-refractivity contribution in [2.45, 2.75) is 0 Å². The average Bonchev–Trinajstić information content (AvgIpc) is 3.42. The summed E-state index contributed by atoms with van der Waals surface area (Å²) in [6.07, 6.45) is 0. The predicted octanol–water partition coefficient (Wildman–Crippen LogP) is 12.2. The number of pyridine rings is 1. The first kappa shape index (κ1) is 27.1. The number of halogens is 3. The summed E-state index contributed by atoms with van der Waals surface area (Å²) in [7, 11) is 0. The van der Waals surface area contributed by atoms with Gasteiger partial charge in [0, 0.05) is 41.1 Å². The Labute approximate surface area is 269 Å². The summed E-state index contributed by atoms with van der Waals surface area (Å²) in [4.78, 5) is 9.48. The molecule has 5 aromatic carbocycles. The highest BCUT2D eigenvalue weighted by Gasteiger charge is 2.26. The highest BCUT2D eigenvalue weighted by atomic mass is 79.9. The van der Waals surface area contributed by atoms with E-state index in [9.17, 15) is 0 Å². The van der Waals surface area contributed by atoms with Crippen LogP contribution in [0.3, 0.4) is 0 Å². The third kappa shape index (κ3) is 5.06. The summed E-state index contributed by atoms with van der Waals surface area (Å²) in [6.45, 7) is 0. The van der Waals surface area contributed by atoms with Crippen LogP contribution in [-0.2, 0) is 0 Å². The number of hydrogen-bond donors (Lipinski definition) is 1. The lowest BCUT2D eigenvalue weighted by molar-refractivity contribution is 1.34. The largest absolute Gasteiger partial charge is 0.353 e. The molecule has 0 aliphatic heterocycles. The fourth-order valence-corrected chi connectivity index (χ4v) is 6.79. The van der Waals surface area contributed by atoms with Crippen LogP contribution < -0.4 is 0 Å². The summed E-state index contributed by atoms with van der Waals surface area (Å²) < 4.78 is 3.05. The lowest BCUT2D eigenvalue weighted by Crippen LogP contribution is -1.96. The van der Waals surface area contributed by atoms with E-state index in [4.69, 9.17) is 4.98 Å². The zero-order valence-corrected chi connectivity index (χ0v) is 27.0. The highest BCUT2D eigenvalue weighted by molar-refractivity contribution is 9.11. The molecular formula is C37H23Br3N2. The number of hydrogen-bond acceptors (Lipinski definition) is 1. The van der Waals surface area contributed by atoms with E-state index in [2.05, 4.69) is 180 Å². The van der Waals surface area contributed by atoms with Gasteiger partial charge < -0.3 is 4.98 Å². The molecule has 5 heteroatoms. The molecule has 0 unspecified atom stereocenters. The van der Waals surface area contributed by atoms with Crippen LogP contribution in [0.1, 0.15) is 0 Å². The van der Waals surface area contributed by atoms with E-state index in [0.717, 1.165) is 80.3 Å². The van der Waals surface area contributed by atoms with Gasteiger partial charge in [0.15, 0.2) is 0 Å². The molecule has 0 spiro atoms. The van der Waals surface area contributed by atoms with E-state index in [0.29, 0.717) is 0 Å². The number of fused-ring (bicyclic) bond motifs is 1. The Hall–Kier alpha value is -3.77. The van der Waals surface area contributed by atoms with Crippen molar-refractivity contribution in [1.82, 2.24) is 9.97 Å². The van der Waals surface area contributed by atoms with E-state index in [1.807, 2.05) is 6.07 Å². The van der Waals surface area contributed by atoms with E-state index < -0.39 is 0 Å². The minimum Gasteiger partial charge on any atom is -0.353 e. The molecule has 2 heterocycles. The zero-order valence-electron chi connectivity index (χ0n) is 22.3. The van der Waals surface area contributed by atoms with Crippen molar-refractivity contribution < 1.29 is 0 Å². The average molecular weight is 735 g/mol. The lowest BCUT2D eigenvalue weighted by Gasteiger charge is -2.16. The summed E-state index contributed by atoms with van der Waals surface area (Å²) >= 11 is 11.1. The van der Waals surface area contributed by atoms with Crippen molar-refractivity contribution in [3.63, 3.8) is 0 Å². The second-order valence-corrected chi connectivity index (χ2v) is 12.8. The Kier molecular flexibility index (Phi) is 7.41. The quantitative estimate of drug-likeness (QED) is 0.187. The van der Waals surface area contributed by atoms with Crippen LogP contribution in [0.2, 0.25) is 0 Å². The molecule has 0 aliphatic rings. The van der Waals surface area contributed by atoms with Crippen molar-refractivity contribution in [3.8, 4) is 56.0 Å². The lowest BCUT2D eigenvalue weighted by atomic mass is 9.91. The van der Waals surface area contributed by atoms with E-state index in [1.165, 1.54) is 0 Å². The van der Waals surface area contributed by atoms with E-state index in [1.54, 1.807) is 0 Å². The van der Waals surface area contributed by atoms with E-state index >= 15 is 0 Å². The molecule has 202 valence electrons. The maximum atomic E-state index is 5.54. The van der Waals surface area contributed by atoms with Gasteiger partial charge in [-0.1, -0.05) is 145 Å². The van der Waals surface area contributed by atoms with Gasteiger partial charge in [0.05, 0.1) is 22.6 Å². The maximum Gasteiger partial charge on any atom is 0.0810 e. The molecule has 7 rings (SSSR count). The molecule has 0 atom stereocenters. The Morgan fingerprint density at radius 3 is 1.43 bits per heavy atom. The van der Waals surface area contributed by atoms with Crippen LogP contribution in [-0.4, -0.2) is 9.97 Å². The smallest absolute Gasteiger partial charge is 0.0810 e. The summed E-state index contributed by atoms with van der Waals surface area (Å²) in [5, 5.41) is 1.09. The van der Waals surface area contributed by atoms with Gasteiger partial charge in [-0.25, -0.2) is 4.98 Å². The first-order valence-corrected chi connectivity index (χ1v) is 15.9. The minimum absolute atomic E-state index is 0.923. The van der Waals surface area contributed by atoms with E-state index in [-0.39, 0.29) is 0 Å². The molecule has 0 bridgehead atoms. The molecular weight excluding hydrogens is 712 g/mol. The molecule has 0 saturated carbocycles. The first-order chi connectivity index (χ1) is 20.6. The second kappa shape index (κ2) is 11.5. The summed E-state index contributed by atoms with van der Waals surface area (Å²) in [5.41, 5.74) is 11.6. The fourth-order valence-electron chi connectivity index (χ4n) is 5.60. The number of benzene rings is 5. The zero-order chi connectivity index (χ0) is 28.6. The van der Waals surface area contributed by atoms with Gasteiger partial charge in [0.25, 0.3) is 0 Å². The third-order valence-electron chi connectivity index (χ3n) is 7.38. The van der Waals surface area contributed by atoms with Gasteiger partial charge in [0.1, 0.15) is 0 Å². The fraction of sp³-hybridized carbons (Fsp3) is 0. The van der Waals surface area contributed by atoms with Crippen molar-refractivity contribution >= 4 is 58.7 Å². The Morgan fingerprint density at radius 1 is 0.429 bits per heavy atom. The molecule has 2 aromatic heterocycles. The maximum absolute atomic E-state index is 5.54. The normalized spacial score (nSPS) is 11.2. The Bertz CT molecular complexity index is 2070. The highest BCUT2D eigenvalue weighted by Crippen LogP contribution is 2.48. The van der Waals surface area contributed by atoms with Crippen LogP contribution >= 0.6 is 47.8 Å². The molecule has 7 aromatic rings. The van der Waals surface area contributed by atoms with Crippen LogP contribution in [0, 0.1) is 0 Å². The molecule has 2 nitrogen and oxygen atoms in total. The number of H-pyrrole nitrogens is 1. The first-order valence-electron chi connectivity index (χ1n) is 13.5. The summed E-state index contributed by atoms with van der Waals surface area (Å²) in [6, 6.07) is 46.4. The van der Waals surface area contributed by atoms with Crippen molar-refractivity contribution in [2.75, 3.05) is 0 Å². The van der Waals surface area contributed by atoms with Crippen LogP contribution in [0.25, 0.3) is 66.9 Å². The molecule has 0 aliphatic carbocycles. The Morgan fingerprint density at radius 2 is 0.881 bits per heavy atom. The third-order valence-corrected chi connectivity index (χ3v) is 8.86. The number of aromatic nitrogens is 2. The van der Waals surface area contributed by atoms with Crippen molar-refractivity contribution in [3.05, 3.63) is 147 Å². The topological polar surface area (TPSA) is 28.7 Å². The number of rotatable bonds is 5. The SMILES string of the molecule is Brc1cccc(-c2nc(-c3cccc(Br)c3)c3c(-c4ccccc4)c(-c4cccc(Br)c4)[nH]c3c2-c2ccccc2)c1. The Balaban J connectivity index is 1.72. The number of aromatic amines is 1. The minimum atomic E-state index is 0.923. The molecule has 0 amide bonds. The molecule has 0 radical (unpaired) electrons. The van der Waals surface area contributed by atoms with Gasteiger partial charge >= 0.3 is 0 Å². The molecule has 0 fully saturated rings. The predicted molar refractivity (Wildman–Crippen MR) is 186 cm³/mol. The van der Waals surface area contributed by atoms with Gasteiger partial charge in [0.2, 0.25) is 0 Å². The number of nitrogens with one attached hydrogen (secondary N) is 1. The molecule has 0 saturated heterocycles. The van der Waals surface area contributed by atoms with Gasteiger partial charge in [-0.2, -0.15) is 0 Å². The van der Waals surface area contributed by atoms with Crippen molar-refractivity contribution in [2.24, 2.45) is 0 Å². The van der Waals surface area contributed by atoms with Crippen LogP contribution in [0.5, 0.6) is 0 Å². The van der Waals surface area contributed by atoms with Crippen LogP contribution in [0.4, 0.5) is 0 Å². The molecule has 42 heavy (non-hydrogen) atoms. The van der Waals surface area contributed by atoms with Gasteiger partial charge in [-0.15, -0.1) is 0 Å².